The van der Waals surface area contributed by atoms with Crippen molar-refractivity contribution in [1.82, 2.24) is 5.32 Å². The lowest BCUT2D eigenvalue weighted by molar-refractivity contribution is 0.0879. The Morgan fingerprint density at radius 3 is 2.45 bits per heavy atom. The van der Waals surface area contributed by atoms with Crippen LogP contribution in [-0.4, -0.2) is 18.4 Å². The van der Waals surface area contributed by atoms with Crippen molar-refractivity contribution in [2.45, 2.75) is 6.42 Å². The van der Waals surface area contributed by atoms with E-state index in [1.54, 1.807) is 30.3 Å². The number of ether oxygens (including phenoxy) is 1. The van der Waals surface area contributed by atoms with Crippen molar-refractivity contribution in [3.8, 4) is 5.75 Å². The number of hydrogen-bond donors (Lipinski definition) is 1. The second-order valence-corrected chi connectivity index (χ2v) is 5.70. The van der Waals surface area contributed by atoms with Gasteiger partial charge in [0.1, 0.15) is 5.75 Å². The average molecular weight is 336 g/mol. The quantitative estimate of drug-likeness (QED) is 0.870. The SMILES string of the molecule is O=C1NC(=O)c2c(CCOc3cc(Cl)cc(Cl)c3)cccc21. The molecule has 22 heavy (non-hydrogen) atoms. The summed E-state index contributed by atoms with van der Waals surface area (Å²) in [5, 5.41) is 3.28. The third-order valence-corrected chi connectivity index (χ3v) is 3.76. The van der Waals surface area contributed by atoms with Crippen LogP contribution >= 0.6 is 23.2 Å². The first-order valence-electron chi connectivity index (χ1n) is 6.61. The molecular formula is C16H11Cl2NO3. The Kier molecular flexibility index (Phi) is 4.05. The molecule has 3 rings (SSSR count). The highest BCUT2D eigenvalue weighted by molar-refractivity contribution is 6.34. The maximum absolute atomic E-state index is 11.8. The third-order valence-electron chi connectivity index (χ3n) is 3.33. The van der Waals surface area contributed by atoms with E-state index in [0.717, 1.165) is 5.56 Å². The first-order chi connectivity index (χ1) is 10.5. The van der Waals surface area contributed by atoms with Crippen LogP contribution in [0.15, 0.2) is 36.4 Å². The molecule has 2 amide bonds. The van der Waals surface area contributed by atoms with Crippen molar-refractivity contribution in [3.63, 3.8) is 0 Å². The number of carbonyl (C=O) groups is 2. The second kappa shape index (κ2) is 5.99. The van der Waals surface area contributed by atoms with E-state index < -0.39 is 0 Å². The molecule has 4 nitrogen and oxygen atoms in total. The summed E-state index contributed by atoms with van der Waals surface area (Å²) < 4.78 is 5.61. The number of amides is 2. The molecule has 112 valence electrons. The van der Waals surface area contributed by atoms with Crippen molar-refractivity contribution in [1.29, 1.82) is 0 Å². The van der Waals surface area contributed by atoms with Gasteiger partial charge in [-0.3, -0.25) is 14.9 Å². The minimum atomic E-state index is -0.360. The van der Waals surface area contributed by atoms with Gasteiger partial charge in [-0.1, -0.05) is 35.3 Å². The molecule has 0 saturated carbocycles. The molecule has 1 aliphatic heterocycles. The second-order valence-electron chi connectivity index (χ2n) is 4.83. The summed E-state index contributed by atoms with van der Waals surface area (Å²) in [5.74, 6) is -0.156. The summed E-state index contributed by atoms with van der Waals surface area (Å²) >= 11 is 11.8. The van der Waals surface area contributed by atoms with Gasteiger partial charge < -0.3 is 4.74 Å². The summed E-state index contributed by atoms with van der Waals surface area (Å²) in [6.45, 7) is 0.342. The zero-order valence-corrected chi connectivity index (χ0v) is 12.9. The van der Waals surface area contributed by atoms with E-state index in [4.69, 9.17) is 27.9 Å². The van der Waals surface area contributed by atoms with Crippen LogP contribution in [-0.2, 0) is 6.42 Å². The molecule has 2 aromatic rings. The zero-order valence-electron chi connectivity index (χ0n) is 11.4. The third kappa shape index (κ3) is 2.93. The Bertz CT molecular complexity index is 754. The summed E-state index contributed by atoms with van der Waals surface area (Å²) in [5.41, 5.74) is 1.61. The molecule has 0 aliphatic carbocycles. The van der Waals surface area contributed by atoms with E-state index in [-0.39, 0.29) is 11.8 Å². The Hall–Kier alpha value is -2.04. The Balaban J connectivity index is 1.73. The van der Waals surface area contributed by atoms with E-state index in [1.165, 1.54) is 0 Å². The number of hydrogen-bond acceptors (Lipinski definition) is 3. The van der Waals surface area contributed by atoms with E-state index >= 15 is 0 Å². The lowest BCUT2D eigenvalue weighted by atomic mass is 10.0. The highest BCUT2D eigenvalue weighted by Gasteiger charge is 2.28. The Morgan fingerprint density at radius 1 is 1.00 bits per heavy atom. The van der Waals surface area contributed by atoms with E-state index in [0.29, 0.717) is 39.9 Å². The van der Waals surface area contributed by atoms with Gasteiger partial charge in [-0.2, -0.15) is 0 Å². The van der Waals surface area contributed by atoms with Crippen LogP contribution in [0.2, 0.25) is 10.0 Å². The highest BCUT2D eigenvalue weighted by atomic mass is 35.5. The minimum Gasteiger partial charge on any atom is -0.493 e. The maximum Gasteiger partial charge on any atom is 0.259 e. The normalized spacial score (nSPS) is 13.0. The van der Waals surface area contributed by atoms with Gasteiger partial charge in [0.25, 0.3) is 11.8 Å². The largest absolute Gasteiger partial charge is 0.493 e. The van der Waals surface area contributed by atoms with Crippen LogP contribution in [0.3, 0.4) is 0 Å². The molecule has 0 radical (unpaired) electrons. The number of fused-ring (bicyclic) bond motifs is 1. The molecule has 1 aliphatic rings. The predicted molar refractivity (Wildman–Crippen MR) is 83.9 cm³/mol. The monoisotopic (exact) mass is 335 g/mol. The van der Waals surface area contributed by atoms with Gasteiger partial charge in [-0.15, -0.1) is 0 Å². The van der Waals surface area contributed by atoms with Crippen LogP contribution in [0.5, 0.6) is 5.75 Å². The summed E-state index contributed by atoms with van der Waals surface area (Å²) in [4.78, 5) is 23.4. The minimum absolute atomic E-state index is 0.342. The molecule has 0 bridgehead atoms. The van der Waals surface area contributed by atoms with Crippen LogP contribution in [0.25, 0.3) is 0 Å². The van der Waals surface area contributed by atoms with Gasteiger partial charge in [0.15, 0.2) is 0 Å². The summed E-state index contributed by atoms with van der Waals surface area (Å²) in [6, 6.07) is 10.2. The summed E-state index contributed by atoms with van der Waals surface area (Å²) in [6.07, 6.45) is 0.494. The number of benzene rings is 2. The topological polar surface area (TPSA) is 55.4 Å². The zero-order chi connectivity index (χ0) is 15.7. The van der Waals surface area contributed by atoms with Gasteiger partial charge in [-0.05, 0) is 29.8 Å². The fraction of sp³-hybridized carbons (Fsp3) is 0.125. The molecule has 0 saturated heterocycles. The highest BCUT2D eigenvalue weighted by Crippen LogP contribution is 2.25. The molecule has 0 unspecified atom stereocenters. The predicted octanol–water partition coefficient (Wildman–Crippen LogP) is 3.50. The molecule has 1 N–H and O–H groups in total. The van der Waals surface area contributed by atoms with Gasteiger partial charge in [0, 0.05) is 16.5 Å². The number of rotatable bonds is 4. The number of imide groups is 1. The van der Waals surface area contributed by atoms with E-state index in [9.17, 15) is 9.59 Å². The smallest absolute Gasteiger partial charge is 0.259 e. The van der Waals surface area contributed by atoms with Crippen molar-refractivity contribution < 1.29 is 14.3 Å². The van der Waals surface area contributed by atoms with E-state index in [1.807, 2.05) is 6.07 Å². The molecule has 1 heterocycles. The number of carbonyl (C=O) groups excluding carboxylic acids is 2. The molecule has 2 aromatic carbocycles. The van der Waals surface area contributed by atoms with Crippen molar-refractivity contribution >= 4 is 35.0 Å². The van der Waals surface area contributed by atoms with Crippen molar-refractivity contribution in [3.05, 3.63) is 63.1 Å². The van der Waals surface area contributed by atoms with Gasteiger partial charge in [0.2, 0.25) is 0 Å². The Labute approximate surface area is 137 Å². The molecule has 0 aromatic heterocycles. The summed E-state index contributed by atoms with van der Waals surface area (Å²) in [7, 11) is 0. The first kappa shape index (κ1) is 14.9. The molecular weight excluding hydrogens is 325 g/mol. The van der Waals surface area contributed by atoms with E-state index in [2.05, 4.69) is 5.32 Å². The van der Waals surface area contributed by atoms with Crippen LogP contribution < -0.4 is 10.1 Å². The average Bonchev–Trinajstić information content (AvgIpc) is 2.74. The number of nitrogens with one attached hydrogen (secondary N) is 1. The standard InChI is InChI=1S/C16H11Cl2NO3/c17-10-6-11(18)8-12(7-10)22-5-4-9-2-1-3-13-14(9)16(21)19-15(13)20/h1-3,6-8H,4-5H2,(H,19,20,21). The first-order valence-corrected chi connectivity index (χ1v) is 7.36. The fourth-order valence-corrected chi connectivity index (χ4v) is 2.90. The van der Waals surface area contributed by atoms with Gasteiger partial charge >= 0.3 is 0 Å². The molecule has 0 atom stereocenters. The lowest BCUT2D eigenvalue weighted by Gasteiger charge is -2.09. The number of halogens is 2. The lowest BCUT2D eigenvalue weighted by Crippen LogP contribution is -2.20. The molecule has 0 fully saturated rings. The van der Waals surface area contributed by atoms with Gasteiger partial charge in [0.05, 0.1) is 17.7 Å². The van der Waals surface area contributed by atoms with Crippen LogP contribution in [0, 0.1) is 0 Å². The maximum atomic E-state index is 11.8. The van der Waals surface area contributed by atoms with Crippen LogP contribution in [0.4, 0.5) is 0 Å². The van der Waals surface area contributed by atoms with Crippen LogP contribution in [0.1, 0.15) is 26.3 Å². The molecule has 0 spiro atoms. The Morgan fingerprint density at radius 2 is 1.73 bits per heavy atom. The van der Waals surface area contributed by atoms with Crippen molar-refractivity contribution in [2.75, 3.05) is 6.61 Å². The fourth-order valence-electron chi connectivity index (χ4n) is 2.39. The van der Waals surface area contributed by atoms with Gasteiger partial charge in [-0.25, -0.2) is 0 Å². The van der Waals surface area contributed by atoms with Crippen molar-refractivity contribution in [2.24, 2.45) is 0 Å². The molecule has 6 heteroatoms.